The molecule has 1 aromatic rings. The van der Waals surface area contributed by atoms with Crippen LogP contribution in [-0.2, 0) is 17.4 Å². The molecular formula is C22H30F3NO2. The Hall–Kier alpha value is -1.56. The fourth-order valence-corrected chi connectivity index (χ4v) is 4.82. The van der Waals surface area contributed by atoms with Gasteiger partial charge in [-0.1, -0.05) is 26.0 Å². The summed E-state index contributed by atoms with van der Waals surface area (Å²) in [5.41, 5.74) is -0.0467. The Balaban J connectivity index is 1.63. The Morgan fingerprint density at radius 1 is 1.25 bits per heavy atom. The number of alkyl halides is 3. The molecule has 1 aliphatic carbocycles. The van der Waals surface area contributed by atoms with Crippen LogP contribution in [0.3, 0.4) is 0 Å². The summed E-state index contributed by atoms with van der Waals surface area (Å²) in [7, 11) is 0. The van der Waals surface area contributed by atoms with Crippen molar-refractivity contribution in [2.75, 3.05) is 13.1 Å². The number of carbonyl (C=O) groups is 1. The third-order valence-corrected chi connectivity index (χ3v) is 6.24. The van der Waals surface area contributed by atoms with Gasteiger partial charge in [0.2, 0.25) is 5.91 Å². The van der Waals surface area contributed by atoms with Crippen molar-refractivity contribution in [3.63, 3.8) is 0 Å². The molecule has 0 radical (unpaired) electrons. The maximum Gasteiger partial charge on any atom is 0.416 e. The van der Waals surface area contributed by atoms with E-state index in [2.05, 4.69) is 0 Å². The Labute approximate surface area is 164 Å². The molecule has 3 rings (SSSR count). The van der Waals surface area contributed by atoms with Gasteiger partial charge in [0.1, 0.15) is 0 Å². The summed E-state index contributed by atoms with van der Waals surface area (Å²) < 4.78 is 40.2. The molecule has 0 unspecified atom stereocenters. The van der Waals surface area contributed by atoms with Crippen LogP contribution in [0.2, 0.25) is 0 Å². The predicted octanol–water partition coefficient (Wildman–Crippen LogP) is 4.77. The van der Waals surface area contributed by atoms with Crippen LogP contribution in [0.5, 0.6) is 0 Å². The molecule has 1 aliphatic heterocycles. The second-order valence-electron chi connectivity index (χ2n) is 9.11. The summed E-state index contributed by atoms with van der Waals surface area (Å²) >= 11 is 0. The lowest BCUT2D eigenvalue weighted by Crippen LogP contribution is -2.51. The van der Waals surface area contributed by atoms with Crippen LogP contribution in [0.4, 0.5) is 13.2 Å². The summed E-state index contributed by atoms with van der Waals surface area (Å²) in [6.07, 6.45) is -1.06. The molecule has 1 saturated heterocycles. The molecule has 0 bridgehead atoms. The summed E-state index contributed by atoms with van der Waals surface area (Å²) in [5.74, 6) is 0.130. The zero-order valence-corrected chi connectivity index (χ0v) is 16.9. The average Bonchev–Trinajstić information content (AvgIpc) is 2.58. The molecule has 2 fully saturated rings. The zero-order chi connectivity index (χ0) is 20.7. The smallest absolute Gasteiger partial charge is 0.390 e. The van der Waals surface area contributed by atoms with Crippen molar-refractivity contribution in [3.05, 3.63) is 34.9 Å². The molecule has 1 aromatic carbocycles. The van der Waals surface area contributed by atoms with Crippen LogP contribution in [-0.4, -0.2) is 34.6 Å². The fraction of sp³-hybridized carbons (Fsp3) is 0.682. The van der Waals surface area contributed by atoms with Gasteiger partial charge in [-0.05, 0) is 68.1 Å². The van der Waals surface area contributed by atoms with Gasteiger partial charge in [0.25, 0.3) is 0 Å². The zero-order valence-electron chi connectivity index (χ0n) is 16.9. The van der Waals surface area contributed by atoms with Crippen LogP contribution in [0.25, 0.3) is 0 Å². The molecule has 1 N–H and O–H groups in total. The lowest BCUT2D eigenvalue weighted by Gasteiger charge is -2.43. The van der Waals surface area contributed by atoms with Crippen molar-refractivity contribution in [2.45, 2.75) is 70.6 Å². The molecule has 1 saturated carbocycles. The maximum atomic E-state index is 13.4. The number of hydrogen-bond donors (Lipinski definition) is 1. The Morgan fingerprint density at radius 2 is 1.86 bits per heavy atom. The first-order chi connectivity index (χ1) is 13.0. The number of nitrogens with zero attached hydrogens (tertiary/aromatic N) is 1. The van der Waals surface area contributed by atoms with Gasteiger partial charge in [0.05, 0.1) is 11.2 Å². The van der Waals surface area contributed by atoms with E-state index in [1.54, 1.807) is 6.92 Å². The van der Waals surface area contributed by atoms with Crippen LogP contribution in [0, 0.1) is 11.8 Å². The van der Waals surface area contributed by atoms with Gasteiger partial charge in [-0.25, -0.2) is 0 Å². The van der Waals surface area contributed by atoms with Crippen LogP contribution >= 0.6 is 0 Å². The molecule has 1 amide bonds. The lowest BCUT2D eigenvalue weighted by molar-refractivity contribution is -0.151. The SMILES string of the molecule is CC(C)c1c(CC2CCN(C(=O)[C@H]3C[C@@](C)(O)C3)CC2)cccc1C(F)(F)F. The highest BCUT2D eigenvalue weighted by Gasteiger charge is 2.44. The highest BCUT2D eigenvalue weighted by Crippen LogP contribution is 2.40. The monoisotopic (exact) mass is 397 g/mol. The first kappa shape index (κ1) is 21.2. The number of benzene rings is 1. The number of piperidine rings is 1. The predicted molar refractivity (Wildman–Crippen MR) is 102 cm³/mol. The first-order valence-corrected chi connectivity index (χ1v) is 10.2. The van der Waals surface area contributed by atoms with E-state index in [0.29, 0.717) is 37.9 Å². The van der Waals surface area contributed by atoms with Crippen molar-refractivity contribution < 1.29 is 23.1 Å². The van der Waals surface area contributed by atoms with E-state index in [1.165, 1.54) is 12.1 Å². The molecule has 156 valence electrons. The Bertz CT molecular complexity index is 711. The van der Waals surface area contributed by atoms with Crippen molar-refractivity contribution in [1.29, 1.82) is 0 Å². The van der Waals surface area contributed by atoms with Gasteiger partial charge < -0.3 is 10.0 Å². The normalized spacial score (nSPS) is 26.4. The van der Waals surface area contributed by atoms with Gasteiger partial charge in [-0.15, -0.1) is 0 Å². The largest absolute Gasteiger partial charge is 0.416 e. The van der Waals surface area contributed by atoms with Gasteiger partial charge in [-0.2, -0.15) is 13.2 Å². The molecule has 28 heavy (non-hydrogen) atoms. The van der Waals surface area contributed by atoms with Crippen molar-refractivity contribution in [1.82, 2.24) is 4.90 Å². The van der Waals surface area contributed by atoms with E-state index in [1.807, 2.05) is 24.8 Å². The summed E-state index contributed by atoms with van der Waals surface area (Å²) in [6.45, 7) is 6.67. The van der Waals surface area contributed by atoms with E-state index >= 15 is 0 Å². The summed E-state index contributed by atoms with van der Waals surface area (Å²) in [6, 6.07) is 4.50. The molecule has 0 spiro atoms. The van der Waals surface area contributed by atoms with E-state index in [-0.39, 0.29) is 23.7 Å². The number of likely N-dealkylation sites (tertiary alicyclic amines) is 1. The minimum atomic E-state index is -4.34. The topological polar surface area (TPSA) is 40.5 Å². The standard InChI is InChI=1S/C22H30F3NO2/c1-14(2)19-16(5-4-6-18(19)22(23,24)25)11-15-7-9-26(10-8-15)20(27)17-12-21(3,28)13-17/h4-6,14-15,17,28H,7-13H2,1-3H3/t17-,21+. The number of amides is 1. The van der Waals surface area contributed by atoms with Crippen LogP contribution in [0.15, 0.2) is 18.2 Å². The van der Waals surface area contributed by atoms with Crippen molar-refractivity contribution >= 4 is 5.91 Å². The van der Waals surface area contributed by atoms with E-state index in [9.17, 15) is 23.1 Å². The quantitative estimate of drug-likeness (QED) is 0.795. The second kappa shape index (κ2) is 7.69. The van der Waals surface area contributed by atoms with Crippen LogP contribution < -0.4 is 0 Å². The fourth-order valence-electron chi connectivity index (χ4n) is 4.82. The highest BCUT2D eigenvalue weighted by molar-refractivity contribution is 5.80. The molecule has 2 aliphatic rings. The Kier molecular flexibility index (Phi) is 5.81. The summed E-state index contributed by atoms with van der Waals surface area (Å²) in [5, 5.41) is 9.84. The third-order valence-electron chi connectivity index (χ3n) is 6.24. The van der Waals surface area contributed by atoms with Gasteiger partial charge in [-0.3, -0.25) is 4.79 Å². The molecule has 6 heteroatoms. The average molecular weight is 397 g/mol. The third kappa shape index (κ3) is 4.53. The van der Waals surface area contributed by atoms with Gasteiger partial charge in [0.15, 0.2) is 0 Å². The number of rotatable bonds is 4. The van der Waals surface area contributed by atoms with Crippen molar-refractivity contribution in [3.8, 4) is 0 Å². The van der Waals surface area contributed by atoms with E-state index in [0.717, 1.165) is 18.4 Å². The number of aliphatic hydroxyl groups is 1. The first-order valence-electron chi connectivity index (χ1n) is 10.2. The second-order valence-corrected chi connectivity index (χ2v) is 9.11. The van der Waals surface area contributed by atoms with Crippen LogP contribution in [0.1, 0.15) is 69.1 Å². The number of hydrogen-bond acceptors (Lipinski definition) is 2. The Morgan fingerprint density at radius 3 is 2.36 bits per heavy atom. The molecule has 0 atom stereocenters. The van der Waals surface area contributed by atoms with E-state index < -0.39 is 17.3 Å². The number of halogens is 3. The minimum Gasteiger partial charge on any atom is -0.390 e. The summed E-state index contributed by atoms with van der Waals surface area (Å²) in [4.78, 5) is 14.4. The van der Waals surface area contributed by atoms with Gasteiger partial charge >= 0.3 is 6.18 Å². The molecule has 1 heterocycles. The lowest BCUT2D eigenvalue weighted by atomic mass is 9.71. The highest BCUT2D eigenvalue weighted by atomic mass is 19.4. The molecule has 3 nitrogen and oxygen atoms in total. The van der Waals surface area contributed by atoms with Crippen molar-refractivity contribution in [2.24, 2.45) is 11.8 Å². The van der Waals surface area contributed by atoms with E-state index in [4.69, 9.17) is 0 Å². The number of carbonyl (C=O) groups excluding carboxylic acids is 1. The molecular weight excluding hydrogens is 367 g/mol. The molecule has 0 aromatic heterocycles. The maximum absolute atomic E-state index is 13.4. The van der Waals surface area contributed by atoms with Gasteiger partial charge in [0, 0.05) is 19.0 Å². The minimum absolute atomic E-state index is 0.0810.